The lowest BCUT2D eigenvalue weighted by Crippen LogP contribution is -2.35. The summed E-state index contributed by atoms with van der Waals surface area (Å²) >= 11 is 0. The number of benzene rings is 2. The van der Waals surface area contributed by atoms with Crippen molar-refractivity contribution in [3.05, 3.63) is 70.3 Å². The summed E-state index contributed by atoms with van der Waals surface area (Å²) in [6.07, 6.45) is 5.93. The van der Waals surface area contributed by atoms with Crippen LogP contribution in [0.3, 0.4) is 0 Å². The molecule has 0 bridgehead atoms. The average Bonchev–Trinajstić information content (AvgIpc) is 3.29. The Morgan fingerprint density at radius 2 is 1.56 bits per heavy atom. The Kier molecular flexibility index (Phi) is 8.26. The number of hydrogen-bond acceptors (Lipinski definition) is 3. The number of nitrogens with zero attached hydrogens (tertiary/aromatic N) is 1. The summed E-state index contributed by atoms with van der Waals surface area (Å²) in [4.78, 5) is 16.2. The van der Waals surface area contributed by atoms with Crippen LogP contribution in [0.2, 0.25) is 0 Å². The van der Waals surface area contributed by atoms with Gasteiger partial charge in [0.1, 0.15) is 5.78 Å². The van der Waals surface area contributed by atoms with Crippen LogP contribution in [0, 0.1) is 0 Å². The first kappa shape index (κ1) is 25.1. The van der Waals surface area contributed by atoms with Gasteiger partial charge in [-0.15, -0.1) is 0 Å². The van der Waals surface area contributed by atoms with Gasteiger partial charge in [-0.2, -0.15) is 0 Å². The van der Waals surface area contributed by atoms with E-state index in [-0.39, 0.29) is 5.41 Å². The normalized spacial score (nSPS) is 18.6. The molecule has 184 valence electrons. The van der Waals surface area contributed by atoms with Gasteiger partial charge in [-0.1, -0.05) is 83.0 Å². The van der Waals surface area contributed by atoms with E-state index in [1.807, 2.05) is 0 Å². The van der Waals surface area contributed by atoms with E-state index < -0.39 is 0 Å². The van der Waals surface area contributed by atoms with Gasteiger partial charge in [0.2, 0.25) is 0 Å². The molecule has 0 atom stereocenters. The standard InChI is InChI=1S/C31H43NO2/c1-23(2)28-11-8-12-29(24(3)4)30(28)20-27(33)21-31(13-5-6-14-31)26-10-7-9-25(19-26)22-32-15-17-34-18-16-32/h7-12,19,23-24H,5-6,13-18,20-22H2,1-4H3. The zero-order valence-corrected chi connectivity index (χ0v) is 21.7. The number of carbonyl (C=O) groups is 1. The molecule has 1 saturated carbocycles. The monoisotopic (exact) mass is 461 g/mol. The molecule has 1 saturated heterocycles. The zero-order chi connectivity index (χ0) is 24.1. The Labute approximate surface area is 206 Å². The second kappa shape index (κ2) is 11.2. The minimum atomic E-state index is 0.00285. The molecule has 0 unspecified atom stereocenters. The third-order valence-electron chi connectivity index (χ3n) is 8.01. The molecular weight excluding hydrogens is 418 g/mol. The van der Waals surface area contributed by atoms with Crippen LogP contribution in [-0.2, 0) is 27.9 Å². The molecule has 1 aliphatic carbocycles. The number of ketones is 1. The summed E-state index contributed by atoms with van der Waals surface area (Å²) < 4.78 is 5.52. The van der Waals surface area contributed by atoms with Crippen molar-refractivity contribution in [3.8, 4) is 0 Å². The summed E-state index contributed by atoms with van der Waals surface area (Å²) in [5.41, 5.74) is 6.71. The summed E-state index contributed by atoms with van der Waals surface area (Å²) in [5, 5.41) is 0. The van der Waals surface area contributed by atoms with Crippen molar-refractivity contribution in [2.45, 2.75) is 90.0 Å². The summed E-state index contributed by atoms with van der Waals surface area (Å²) in [6.45, 7) is 13.6. The van der Waals surface area contributed by atoms with Crippen LogP contribution in [0.1, 0.15) is 99.5 Å². The van der Waals surface area contributed by atoms with Crippen molar-refractivity contribution in [2.24, 2.45) is 0 Å². The average molecular weight is 462 g/mol. The molecule has 3 heteroatoms. The predicted molar refractivity (Wildman–Crippen MR) is 141 cm³/mol. The molecule has 1 heterocycles. The van der Waals surface area contributed by atoms with Gasteiger partial charge in [0.15, 0.2) is 0 Å². The lowest BCUT2D eigenvalue weighted by atomic mass is 9.73. The number of hydrogen-bond donors (Lipinski definition) is 0. The van der Waals surface area contributed by atoms with Crippen LogP contribution in [-0.4, -0.2) is 37.0 Å². The van der Waals surface area contributed by atoms with Gasteiger partial charge in [0.25, 0.3) is 0 Å². The minimum Gasteiger partial charge on any atom is -0.379 e. The Hall–Kier alpha value is -1.97. The fourth-order valence-corrected chi connectivity index (χ4v) is 6.18. The zero-order valence-electron chi connectivity index (χ0n) is 21.7. The second-order valence-electron chi connectivity index (χ2n) is 11.2. The first-order valence-corrected chi connectivity index (χ1v) is 13.4. The molecule has 2 fully saturated rings. The van der Waals surface area contributed by atoms with Crippen molar-refractivity contribution in [2.75, 3.05) is 26.3 Å². The van der Waals surface area contributed by atoms with Crippen LogP contribution >= 0.6 is 0 Å². The lowest BCUT2D eigenvalue weighted by Gasteiger charge is -2.31. The Bertz CT molecular complexity index is 939. The highest BCUT2D eigenvalue weighted by molar-refractivity contribution is 5.83. The second-order valence-corrected chi connectivity index (χ2v) is 11.2. The van der Waals surface area contributed by atoms with Crippen molar-refractivity contribution in [1.29, 1.82) is 0 Å². The molecule has 34 heavy (non-hydrogen) atoms. The maximum absolute atomic E-state index is 13.7. The maximum Gasteiger partial charge on any atom is 0.138 e. The third kappa shape index (κ3) is 5.80. The van der Waals surface area contributed by atoms with E-state index in [4.69, 9.17) is 4.74 Å². The molecule has 2 aromatic rings. The van der Waals surface area contributed by atoms with E-state index >= 15 is 0 Å². The highest BCUT2D eigenvalue weighted by atomic mass is 16.5. The third-order valence-corrected chi connectivity index (χ3v) is 8.01. The van der Waals surface area contributed by atoms with Crippen molar-refractivity contribution < 1.29 is 9.53 Å². The molecule has 0 spiro atoms. The molecule has 0 aromatic heterocycles. The van der Waals surface area contributed by atoms with Gasteiger partial charge < -0.3 is 4.74 Å². The number of carbonyl (C=O) groups excluding carboxylic acids is 1. The van der Waals surface area contributed by atoms with Gasteiger partial charge in [0, 0.05) is 37.9 Å². The predicted octanol–water partition coefficient (Wildman–Crippen LogP) is 6.78. The number of ether oxygens (including phenoxy) is 1. The minimum absolute atomic E-state index is 0.00285. The maximum atomic E-state index is 13.7. The van der Waals surface area contributed by atoms with Gasteiger partial charge >= 0.3 is 0 Å². The van der Waals surface area contributed by atoms with Gasteiger partial charge in [0.05, 0.1) is 13.2 Å². The SMILES string of the molecule is CC(C)c1cccc(C(C)C)c1CC(=O)CC1(c2cccc(CN3CCOCC3)c2)CCCC1. The van der Waals surface area contributed by atoms with E-state index in [0.29, 0.717) is 30.5 Å². The summed E-state index contributed by atoms with van der Waals surface area (Å²) in [6, 6.07) is 15.7. The lowest BCUT2D eigenvalue weighted by molar-refractivity contribution is -0.119. The quantitative estimate of drug-likeness (QED) is 0.412. The topological polar surface area (TPSA) is 29.5 Å². The van der Waals surface area contributed by atoms with E-state index in [9.17, 15) is 4.79 Å². The van der Waals surface area contributed by atoms with Crippen LogP contribution in [0.25, 0.3) is 0 Å². The number of Topliss-reactive ketones (excluding diaryl/α,β-unsaturated/α-hetero) is 1. The summed E-state index contributed by atoms with van der Waals surface area (Å²) in [7, 11) is 0. The van der Waals surface area contributed by atoms with Crippen molar-refractivity contribution in [3.63, 3.8) is 0 Å². The van der Waals surface area contributed by atoms with E-state index in [0.717, 1.165) is 45.7 Å². The van der Waals surface area contributed by atoms with E-state index in [1.54, 1.807) is 0 Å². The van der Waals surface area contributed by atoms with Crippen molar-refractivity contribution in [1.82, 2.24) is 4.90 Å². The van der Waals surface area contributed by atoms with Crippen LogP contribution in [0.4, 0.5) is 0 Å². The first-order valence-electron chi connectivity index (χ1n) is 13.4. The highest BCUT2D eigenvalue weighted by Gasteiger charge is 2.38. The van der Waals surface area contributed by atoms with Gasteiger partial charge in [-0.3, -0.25) is 9.69 Å². The van der Waals surface area contributed by atoms with E-state index in [1.165, 1.54) is 40.7 Å². The largest absolute Gasteiger partial charge is 0.379 e. The van der Waals surface area contributed by atoms with Gasteiger partial charge in [-0.05, 0) is 52.5 Å². The molecule has 1 aliphatic heterocycles. The van der Waals surface area contributed by atoms with Gasteiger partial charge in [-0.25, -0.2) is 0 Å². The molecule has 0 radical (unpaired) electrons. The number of rotatable bonds is 9. The molecule has 0 amide bonds. The molecule has 4 rings (SSSR count). The Balaban J connectivity index is 1.55. The molecule has 3 nitrogen and oxygen atoms in total. The van der Waals surface area contributed by atoms with E-state index in [2.05, 4.69) is 75.1 Å². The molecule has 2 aromatic carbocycles. The van der Waals surface area contributed by atoms with Crippen molar-refractivity contribution >= 4 is 5.78 Å². The molecule has 2 aliphatic rings. The summed E-state index contributed by atoms with van der Waals surface area (Å²) in [5.74, 6) is 1.26. The smallest absolute Gasteiger partial charge is 0.138 e. The fourth-order valence-electron chi connectivity index (χ4n) is 6.18. The first-order chi connectivity index (χ1) is 16.4. The highest BCUT2D eigenvalue weighted by Crippen LogP contribution is 2.45. The van der Waals surface area contributed by atoms with Crippen LogP contribution in [0.5, 0.6) is 0 Å². The van der Waals surface area contributed by atoms with Crippen LogP contribution in [0.15, 0.2) is 42.5 Å². The fraction of sp³-hybridized carbons (Fsp3) is 0.581. The number of morpholine rings is 1. The molecule has 0 N–H and O–H groups in total. The Morgan fingerprint density at radius 3 is 2.18 bits per heavy atom. The van der Waals surface area contributed by atoms with Crippen LogP contribution < -0.4 is 0 Å². The Morgan fingerprint density at radius 1 is 0.941 bits per heavy atom. The molecular formula is C31H43NO2.